The maximum Gasteiger partial charge on any atom is 0.0599 e. The zero-order chi connectivity index (χ0) is 12.3. The Hall–Kier alpha value is -0.420. The van der Waals surface area contributed by atoms with Gasteiger partial charge in [0.15, 0.2) is 0 Å². The third kappa shape index (κ3) is 6.78. The van der Waals surface area contributed by atoms with E-state index >= 15 is 0 Å². The zero-order valence-corrected chi connectivity index (χ0v) is 10.7. The molecule has 4 nitrogen and oxygen atoms in total. The third-order valence-electron chi connectivity index (χ3n) is 3.06. The van der Waals surface area contributed by atoms with E-state index in [-0.39, 0.29) is 6.61 Å². The van der Waals surface area contributed by atoms with Crippen LogP contribution in [-0.4, -0.2) is 62.0 Å². The zero-order valence-electron chi connectivity index (χ0n) is 10.7. The van der Waals surface area contributed by atoms with Crippen molar-refractivity contribution >= 4 is 0 Å². The van der Waals surface area contributed by atoms with Crippen LogP contribution in [0.3, 0.4) is 0 Å². The Balaban J connectivity index is 2.02. The second-order valence-corrected chi connectivity index (χ2v) is 4.49. The Bertz CT molecular complexity index is 194. The summed E-state index contributed by atoms with van der Waals surface area (Å²) in [5, 5.41) is 12.2. The number of ether oxygens (including phenoxy) is 1. The molecule has 0 amide bonds. The fraction of sp³-hybridized carbons (Fsp3) is 0.846. The number of piperidine rings is 1. The topological polar surface area (TPSA) is 44.7 Å². The largest absolute Gasteiger partial charge is 0.395 e. The van der Waals surface area contributed by atoms with Crippen molar-refractivity contribution in [1.29, 1.82) is 0 Å². The third-order valence-corrected chi connectivity index (χ3v) is 3.06. The van der Waals surface area contributed by atoms with E-state index < -0.39 is 0 Å². The predicted octanol–water partition coefficient (Wildman–Crippen LogP) is 0.625. The van der Waals surface area contributed by atoms with Gasteiger partial charge in [-0.1, -0.05) is 6.08 Å². The highest BCUT2D eigenvalue weighted by Gasteiger charge is 2.12. The van der Waals surface area contributed by atoms with Crippen LogP contribution >= 0.6 is 0 Å². The van der Waals surface area contributed by atoms with Crippen molar-refractivity contribution in [1.82, 2.24) is 10.2 Å². The molecule has 1 aliphatic rings. The molecule has 0 atom stereocenters. The van der Waals surface area contributed by atoms with Crippen molar-refractivity contribution in [2.24, 2.45) is 0 Å². The highest BCUT2D eigenvalue weighted by atomic mass is 16.5. The van der Waals surface area contributed by atoms with Crippen LogP contribution in [-0.2, 0) is 4.74 Å². The Kier molecular flexibility index (Phi) is 8.26. The van der Waals surface area contributed by atoms with Crippen LogP contribution in [0.25, 0.3) is 0 Å². The van der Waals surface area contributed by atoms with Crippen LogP contribution in [0.2, 0.25) is 0 Å². The maximum atomic E-state index is 8.91. The lowest BCUT2D eigenvalue weighted by molar-refractivity contribution is 0.0276. The minimum absolute atomic E-state index is 0.211. The molecule has 4 heteroatoms. The molecule has 0 aliphatic carbocycles. The molecule has 0 saturated carbocycles. The molecule has 0 aromatic carbocycles. The maximum absolute atomic E-state index is 8.91. The number of hydrogen-bond donors (Lipinski definition) is 2. The molecule has 0 aromatic rings. The first-order chi connectivity index (χ1) is 8.36. The van der Waals surface area contributed by atoms with Gasteiger partial charge >= 0.3 is 0 Å². The summed E-state index contributed by atoms with van der Waals surface area (Å²) in [4.78, 5) is 2.19. The molecule has 100 valence electrons. The van der Waals surface area contributed by atoms with E-state index in [0.29, 0.717) is 6.10 Å². The van der Waals surface area contributed by atoms with E-state index in [1.54, 1.807) is 0 Å². The fourth-order valence-electron chi connectivity index (χ4n) is 2.12. The molecule has 0 bridgehead atoms. The van der Waals surface area contributed by atoms with Gasteiger partial charge in [-0.25, -0.2) is 0 Å². The van der Waals surface area contributed by atoms with Crippen molar-refractivity contribution in [3.63, 3.8) is 0 Å². The summed E-state index contributed by atoms with van der Waals surface area (Å²) in [5.41, 5.74) is 0. The number of aliphatic hydroxyl groups is 1. The predicted molar refractivity (Wildman–Crippen MR) is 70.2 cm³/mol. The van der Waals surface area contributed by atoms with Gasteiger partial charge in [-0.05, 0) is 32.4 Å². The SMILES string of the molecule is C=CCN(CCO)CCCOC1CCNCC1. The van der Waals surface area contributed by atoms with Crippen LogP contribution in [0.15, 0.2) is 12.7 Å². The molecule has 0 spiro atoms. The monoisotopic (exact) mass is 242 g/mol. The van der Waals surface area contributed by atoms with Gasteiger partial charge in [0.1, 0.15) is 0 Å². The number of nitrogens with one attached hydrogen (secondary N) is 1. The molecule has 17 heavy (non-hydrogen) atoms. The van der Waals surface area contributed by atoms with E-state index in [2.05, 4.69) is 16.8 Å². The smallest absolute Gasteiger partial charge is 0.0599 e. The normalized spacial score (nSPS) is 17.5. The first-order valence-electron chi connectivity index (χ1n) is 6.63. The highest BCUT2D eigenvalue weighted by molar-refractivity contribution is 4.73. The number of rotatable bonds is 9. The number of hydrogen-bond acceptors (Lipinski definition) is 4. The Morgan fingerprint density at radius 1 is 1.35 bits per heavy atom. The highest BCUT2D eigenvalue weighted by Crippen LogP contribution is 2.07. The van der Waals surface area contributed by atoms with Gasteiger partial charge in [-0.2, -0.15) is 0 Å². The summed E-state index contributed by atoms with van der Waals surface area (Å²) in [5.74, 6) is 0. The lowest BCUT2D eigenvalue weighted by Gasteiger charge is -2.24. The summed E-state index contributed by atoms with van der Waals surface area (Å²) >= 11 is 0. The van der Waals surface area contributed by atoms with Gasteiger partial charge in [0.05, 0.1) is 12.7 Å². The summed E-state index contributed by atoms with van der Waals surface area (Å²) in [6.07, 6.45) is 5.61. The minimum atomic E-state index is 0.211. The molecule has 1 heterocycles. The first kappa shape index (κ1) is 14.6. The number of nitrogens with zero attached hydrogens (tertiary/aromatic N) is 1. The molecule has 0 radical (unpaired) electrons. The molecule has 1 aliphatic heterocycles. The van der Waals surface area contributed by atoms with Crippen molar-refractivity contribution in [2.75, 3.05) is 45.9 Å². The lowest BCUT2D eigenvalue weighted by Crippen LogP contribution is -2.33. The van der Waals surface area contributed by atoms with Crippen LogP contribution < -0.4 is 5.32 Å². The van der Waals surface area contributed by atoms with Crippen LogP contribution in [0.1, 0.15) is 19.3 Å². The van der Waals surface area contributed by atoms with Crippen molar-refractivity contribution in [3.8, 4) is 0 Å². The molecule has 0 aromatic heterocycles. The summed E-state index contributed by atoms with van der Waals surface area (Å²) in [6.45, 7) is 9.45. The molecule has 1 fully saturated rings. The second-order valence-electron chi connectivity index (χ2n) is 4.49. The van der Waals surface area contributed by atoms with Gasteiger partial charge in [-0.3, -0.25) is 4.90 Å². The molecule has 0 unspecified atom stereocenters. The molecular weight excluding hydrogens is 216 g/mol. The Labute approximate surface area is 105 Å². The Morgan fingerprint density at radius 2 is 2.12 bits per heavy atom. The average Bonchev–Trinajstić information content (AvgIpc) is 2.36. The molecule has 2 N–H and O–H groups in total. The Morgan fingerprint density at radius 3 is 2.76 bits per heavy atom. The van der Waals surface area contributed by atoms with E-state index in [1.165, 1.54) is 0 Å². The van der Waals surface area contributed by atoms with Crippen LogP contribution in [0, 0.1) is 0 Å². The van der Waals surface area contributed by atoms with E-state index in [9.17, 15) is 0 Å². The lowest BCUT2D eigenvalue weighted by atomic mass is 10.1. The molecular formula is C13H26N2O2. The van der Waals surface area contributed by atoms with Crippen LogP contribution in [0.4, 0.5) is 0 Å². The summed E-state index contributed by atoms with van der Waals surface area (Å²) in [7, 11) is 0. The van der Waals surface area contributed by atoms with Crippen molar-refractivity contribution in [2.45, 2.75) is 25.4 Å². The average molecular weight is 242 g/mol. The van der Waals surface area contributed by atoms with Gasteiger partial charge in [0.2, 0.25) is 0 Å². The fourth-order valence-corrected chi connectivity index (χ4v) is 2.12. The van der Waals surface area contributed by atoms with Gasteiger partial charge in [0.25, 0.3) is 0 Å². The van der Waals surface area contributed by atoms with E-state index in [1.807, 2.05) is 6.08 Å². The van der Waals surface area contributed by atoms with Gasteiger partial charge in [-0.15, -0.1) is 6.58 Å². The van der Waals surface area contributed by atoms with E-state index in [4.69, 9.17) is 9.84 Å². The van der Waals surface area contributed by atoms with Crippen molar-refractivity contribution in [3.05, 3.63) is 12.7 Å². The van der Waals surface area contributed by atoms with Gasteiger partial charge in [0, 0.05) is 26.2 Å². The number of aliphatic hydroxyl groups excluding tert-OH is 1. The minimum Gasteiger partial charge on any atom is -0.395 e. The quantitative estimate of drug-likeness (QED) is 0.460. The standard InChI is InChI=1S/C13H26N2O2/c1-2-8-15(10-11-16)9-3-12-17-13-4-6-14-7-5-13/h2,13-14,16H,1,3-12H2. The molecule has 1 saturated heterocycles. The summed E-state index contributed by atoms with van der Waals surface area (Å²) < 4.78 is 5.83. The molecule has 1 rings (SSSR count). The summed E-state index contributed by atoms with van der Waals surface area (Å²) in [6, 6.07) is 0. The van der Waals surface area contributed by atoms with E-state index in [0.717, 1.165) is 58.6 Å². The van der Waals surface area contributed by atoms with Gasteiger partial charge < -0.3 is 15.2 Å². The van der Waals surface area contributed by atoms with Crippen LogP contribution in [0.5, 0.6) is 0 Å². The second kappa shape index (κ2) is 9.59. The first-order valence-corrected chi connectivity index (χ1v) is 6.63. The van der Waals surface area contributed by atoms with Crippen molar-refractivity contribution < 1.29 is 9.84 Å².